The monoisotopic (exact) mass is 303 g/mol. The van der Waals surface area contributed by atoms with E-state index in [9.17, 15) is 4.79 Å². The second kappa shape index (κ2) is 7.56. The summed E-state index contributed by atoms with van der Waals surface area (Å²) in [7, 11) is 0. The summed E-state index contributed by atoms with van der Waals surface area (Å²) in [5.41, 5.74) is 4.26. The van der Waals surface area contributed by atoms with E-state index in [1.54, 1.807) is 4.90 Å². The summed E-state index contributed by atoms with van der Waals surface area (Å²) in [6.07, 6.45) is 0. The van der Waals surface area contributed by atoms with Gasteiger partial charge in [0.25, 0.3) is 5.56 Å². The highest BCUT2D eigenvalue weighted by molar-refractivity contribution is 5.83. The van der Waals surface area contributed by atoms with E-state index in [1.165, 1.54) is 18.7 Å². The number of H-pyrrole nitrogens is 1. The van der Waals surface area contributed by atoms with Crippen LogP contribution in [0.25, 0.3) is 10.9 Å². The first kappa shape index (κ1) is 16.7. The molecule has 1 aromatic heterocycles. The molecule has 0 saturated heterocycles. The number of nitrogens with two attached hydrogens (primary N) is 1. The van der Waals surface area contributed by atoms with Crippen LogP contribution in [-0.4, -0.2) is 31.2 Å². The highest BCUT2D eigenvalue weighted by atomic mass is 16.1. The molecule has 1 aromatic carbocycles. The van der Waals surface area contributed by atoms with Crippen LogP contribution in [0, 0.1) is 13.8 Å². The lowest BCUT2D eigenvalue weighted by molar-refractivity contribution is -0.910. The van der Waals surface area contributed by atoms with Crippen LogP contribution in [0.4, 0.5) is 0 Å². The Morgan fingerprint density at radius 2 is 1.91 bits per heavy atom. The van der Waals surface area contributed by atoms with Crippen LogP contribution in [0.2, 0.25) is 0 Å². The minimum Gasteiger partial charge on any atom is -0.338 e. The molecular weight excluding hydrogens is 274 g/mol. The van der Waals surface area contributed by atoms with Gasteiger partial charge in [-0.15, -0.1) is 0 Å². The molecule has 0 saturated carbocycles. The fraction of sp³-hybridized carbons (Fsp3) is 0.500. The van der Waals surface area contributed by atoms with Crippen molar-refractivity contribution in [3.63, 3.8) is 0 Å². The lowest BCUT2D eigenvalue weighted by atomic mass is 10.0. The second-order valence-electron chi connectivity index (χ2n) is 6.08. The van der Waals surface area contributed by atoms with E-state index in [0.29, 0.717) is 0 Å². The number of fused-ring (bicyclic) bond motifs is 1. The number of aromatic amines is 1. The van der Waals surface area contributed by atoms with Crippen LogP contribution in [0.3, 0.4) is 0 Å². The Hall–Kier alpha value is -1.65. The molecular formula is C18H29N3O+2. The summed E-state index contributed by atoms with van der Waals surface area (Å²) >= 11 is 0. The van der Waals surface area contributed by atoms with Crippen molar-refractivity contribution in [2.24, 2.45) is 0 Å². The van der Waals surface area contributed by atoms with Crippen molar-refractivity contribution in [3.05, 3.63) is 45.2 Å². The number of rotatable bonds is 7. The number of aromatic nitrogens is 1. The third kappa shape index (κ3) is 3.76. The molecule has 1 heterocycles. The Kier molecular flexibility index (Phi) is 5.75. The minimum absolute atomic E-state index is 0.0487. The first-order valence-corrected chi connectivity index (χ1v) is 8.34. The van der Waals surface area contributed by atoms with E-state index in [2.05, 4.69) is 50.1 Å². The minimum atomic E-state index is 0.0487. The van der Waals surface area contributed by atoms with Crippen molar-refractivity contribution in [2.75, 3.05) is 26.2 Å². The Bertz CT molecular complexity index is 687. The van der Waals surface area contributed by atoms with Crippen LogP contribution >= 0.6 is 0 Å². The molecule has 4 heteroatoms. The van der Waals surface area contributed by atoms with Crippen molar-refractivity contribution < 1.29 is 10.2 Å². The van der Waals surface area contributed by atoms with Gasteiger partial charge in [0.1, 0.15) is 19.6 Å². The molecule has 0 amide bonds. The molecule has 0 atom stereocenters. The number of quaternary nitrogens is 2. The molecule has 0 aliphatic carbocycles. The molecule has 0 radical (unpaired) electrons. The molecule has 4 nitrogen and oxygen atoms in total. The zero-order chi connectivity index (χ0) is 16.1. The van der Waals surface area contributed by atoms with Crippen LogP contribution in [-0.2, 0) is 6.54 Å². The van der Waals surface area contributed by atoms with Crippen LogP contribution in [0.1, 0.15) is 30.5 Å². The van der Waals surface area contributed by atoms with Gasteiger partial charge >= 0.3 is 0 Å². The lowest BCUT2D eigenvalue weighted by Crippen LogP contribution is -3.14. The second-order valence-corrected chi connectivity index (χ2v) is 6.08. The van der Waals surface area contributed by atoms with Crippen molar-refractivity contribution in [1.29, 1.82) is 0 Å². The predicted molar refractivity (Wildman–Crippen MR) is 91.5 cm³/mol. The molecule has 120 valence electrons. The fourth-order valence-electron chi connectivity index (χ4n) is 2.89. The zero-order valence-corrected chi connectivity index (χ0v) is 14.3. The maximum absolute atomic E-state index is 12.3. The van der Waals surface area contributed by atoms with Gasteiger partial charge in [0.15, 0.2) is 0 Å². The maximum Gasteiger partial charge on any atom is 0.257 e. The molecule has 0 aliphatic rings. The number of benzene rings is 1. The smallest absolute Gasteiger partial charge is 0.257 e. The van der Waals surface area contributed by atoms with E-state index >= 15 is 0 Å². The first-order chi connectivity index (χ1) is 10.6. The van der Waals surface area contributed by atoms with E-state index in [0.717, 1.165) is 41.7 Å². The normalized spacial score (nSPS) is 11.5. The summed E-state index contributed by atoms with van der Waals surface area (Å²) in [5, 5.41) is 3.36. The molecule has 0 unspecified atom stereocenters. The molecule has 0 aliphatic heterocycles. The van der Waals surface area contributed by atoms with Gasteiger partial charge in [0.05, 0.1) is 24.2 Å². The molecule has 4 N–H and O–H groups in total. The molecule has 0 bridgehead atoms. The average Bonchev–Trinajstić information content (AvgIpc) is 2.52. The number of pyridine rings is 1. The van der Waals surface area contributed by atoms with Gasteiger partial charge < -0.3 is 15.2 Å². The quantitative estimate of drug-likeness (QED) is 0.626. The van der Waals surface area contributed by atoms with Crippen molar-refractivity contribution in [3.8, 4) is 0 Å². The number of nitrogens with one attached hydrogen (secondary N) is 2. The Labute approximate surface area is 132 Å². The van der Waals surface area contributed by atoms with Crippen molar-refractivity contribution >= 4 is 10.9 Å². The van der Waals surface area contributed by atoms with Crippen LogP contribution < -0.4 is 15.8 Å². The van der Waals surface area contributed by atoms with Gasteiger partial charge in [-0.2, -0.15) is 0 Å². The van der Waals surface area contributed by atoms with Crippen molar-refractivity contribution in [1.82, 2.24) is 4.98 Å². The zero-order valence-electron chi connectivity index (χ0n) is 14.3. The van der Waals surface area contributed by atoms with Gasteiger partial charge in [-0.25, -0.2) is 0 Å². The molecule has 2 rings (SSSR count). The Morgan fingerprint density at radius 1 is 1.18 bits per heavy atom. The van der Waals surface area contributed by atoms with Crippen LogP contribution in [0.5, 0.6) is 0 Å². The number of aryl methyl sites for hydroxylation is 2. The van der Waals surface area contributed by atoms with E-state index < -0.39 is 0 Å². The summed E-state index contributed by atoms with van der Waals surface area (Å²) in [6.45, 7) is 13.9. The molecule has 2 aromatic rings. The van der Waals surface area contributed by atoms with E-state index in [1.807, 2.05) is 6.07 Å². The summed E-state index contributed by atoms with van der Waals surface area (Å²) in [4.78, 5) is 16.9. The first-order valence-electron chi connectivity index (χ1n) is 8.34. The van der Waals surface area contributed by atoms with E-state index in [4.69, 9.17) is 0 Å². The summed E-state index contributed by atoms with van der Waals surface area (Å²) < 4.78 is 0. The summed E-state index contributed by atoms with van der Waals surface area (Å²) in [6, 6.07) is 6.26. The van der Waals surface area contributed by atoms with E-state index in [-0.39, 0.29) is 5.56 Å². The highest BCUT2D eigenvalue weighted by Gasteiger charge is 2.08. The Morgan fingerprint density at radius 3 is 2.59 bits per heavy atom. The fourth-order valence-corrected chi connectivity index (χ4v) is 2.89. The number of hydrogen-bond acceptors (Lipinski definition) is 1. The number of likely N-dealkylation sites (N-methyl/N-ethyl adjacent to an activating group) is 1. The highest BCUT2D eigenvalue weighted by Crippen LogP contribution is 2.18. The van der Waals surface area contributed by atoms with Crippen molar-refractivity contribution in [2.45, 2.75) is 34.2 Å². The SMILES string of the molecule is CC[NH+](CC)CC[NH2+]Cc1cc2ccc(C)c(C)c2[nH]c1=O. The van der Waals surface area contributed by atoms with Gasteiger partial charge in [0.2, 0.25) is 0 Å². The predicted octanol–water partition coefficient (Wildman–Crippen LogP) is 0.133. The standard InChI is InChI=1S/C18H27N3O/c1-5-21(6-2)10-9-19-12-16-11-15-8-7-13(3)14(4)17(15)20-18(16)22/h7-8,11,19H,5-6,9-10,12H2,1-4H3,(H,20,22)/p+2. The summed E-state index contributed by atoms with van der Waals surface area (Å²) in [5.74, 6) is 0. The van der Waals surface area contributed by atoms with Gasteiger partial charge in [-0.1, -0.05) is 12.1 Å². The topological polar surface area (TPSA) is 53.9 Å². The largest absolute Gasteiger partial charge is 0.338 e. The molecule has 0 fully saturated rings. The average molecular weight is 303 g/mol. The Balaban J connectivity index is 2.08. The lowest BCUT2D eigenvalue weighted by Gasteiger charge is -2.14. The van der Waals surface area contributed by atoms with Gasteiger partial charge in [0, 0.05) is 0 Å². The maximum atomic E-state index is 12.3. The van der Waals surface area contributed by atoms with Gasteiger partial charge in [-0.05, 0) is 50.3 Å². The molecule has 0 spiro atoms. The van der Waals surface area contributed by atoms with Crippen LogP contribution in [0.15, 0.2) is 23.0 Å². The molecule has 22 heavy (non-hydrogen) atoms. The third-order valence-electron chi connectivity index (χ3n) is 4.69. The van der Waals surface area contributed by atoms with Gasteiger partial charge in [-0.3, -0.25) is 4.79 Å². The third-order valence-corrected chi connectivity index (χ3v) is 4.69. The number of hydrogen-bond donors (Lipinski definition) is 3.